The molecular weight excluding hydrogens is 424 g/mol. The third kappa shape index (κ3) is 6.45. The molecule has 0 spiro atoms. The first kappa shape index (κ1) is 24.0. The molecule has 2 heterocycles. The molecule has 1 aliphatic heterocycles. The van der Waals surface area contributed by atoms with Gasteiger partial charge in [0, 0.05) is 41.0 Å². The number of ether oxygens (including phenoxy) is 2. The van der Waals surface area contributed by atoms with Crippen molar-refractivity contribution in [1.82, 2.24) is 10.3 Å². The van der Waals surface area contributed by atoms with E-state index in [2.05, 4.69) is 38.0 Å². The largest absolute Gasteiger partial charge is 0.485 e. The van der Waals surface area contributed by atoms with E-state index in [0.29, 0.717) is 36.2 Å². The number of benzene rings is 2. The van der Waals surface area contributed by atoms with Gasteiger partial charge in [-0.2, -0.15) is 0 Å². The third-order valence-electron chi connectivity index (χ3n) is 6.12. The van der Waals surface area contributed by atoms with Crippen LogP contribution in [0.5, 0.6) is 17.2 Å². The Bertz CT molecular complexity index is 1090. The Labute approximate surface area is 202 Å². The molecule has 1 fully saturated rings. The van der Waals surface area contributed by atoms with Crippen molar-refractivity contribution in [3.05, 3.63) is 84.2 Å². The minimum absolute atomic E-state index is 0.0386. The van der Waals surface area contributed by atoms with Crippen molar-refractivity contribution in [2.45, 2.75) is 64.6 Å². The molecule has 1 saturated heterocycles. The van der Waals surface area contributed by atoms with E-state index in [4.69, 9.17) is 9.47 Å². The minimum atomic E-state index is 0.0386. The number of Topliss-reactive ketones (excluding diaryl/α,β-unsaturated/α-hetero) is 1. The monoisotopic (exact) mass is 458 g/mol. The lowest BCUT2D eigenvalue weighted by molar-refractivity contribution is 0.0864. The number of pyridine rings is 1. The zero-order valence-corrected chi connectivity index (χ0v) is 20.5. The van der Waals surface area contributed by atoms with Crippen molar-refractivity contribution in [2.75, 3.05) is 0 Å². The Morgan fingerprint density at radius 2 is 1.62 bits per heavy atom. The van der Waals surface area contributed by atoms with Crippen LogP contribution in [0.4, 0.5) is 0 Å². The van der Waals surface area contributed by atoms with Gasteiger partial charge < -0.3 is 14.8 Å². The highest BCUT2D eigenvalue weighted by atomic mass is 16.5. The van der Waals surface area contributed by atoms with Crippen LogP contribution in [0.1, 0.15) is 62.9 Å². The summed E-state index contributed by atoms with van der Waals surface area (Å²) in [7, 11) is 0. The Morgan fingerprint density at radius 1 is 0.941 bits per heavy atom. The van der Waals surface area contributed by atoms with Crippen LogP contribution in [0.15, 0.2) is 73.1 Å². The summed E-state index contributed by atoms with van der Waals surface area (Å²) in [5.41, 5.74) is 1.79. The predicted octanol–water partition coefficient (Wildman–Crippen LogP) is 6.58. The quantitative estimate of drug-likeness (QED) is 0.386. The van der Waals surface area contributed by atoms with Gasteiger partial charge in [-0.05, 0) is 88.9 Å². The van der Waals surface area contributed by atoms with Crippen LogP contribution in [0, 0.1) is 5.92 Å². The molecule has 178 valence electrons. The lowest BCUT2D eigenvalue weighted by atomic mass is 9.74. The summed E-state index contributed by atoms with van der Waals surface area (Å²) in [5, 5.41) is 3.69. The van der Waals surface area contributed by atoms with Gasteiger partial charge in [0.25, 0.3) is 0 Å². The van der Waals surface area contributed by atoms with Gasteiger partial charge in [0.1, 0.15) is 12.4 Å². The minimum Gasteiger partial charge on any atom is -0.485 e. The number of hydrogen-bond donors (Lipinski definition) is 1. The second kappa shape index (κ2) is 9.98. The van der Waals surface area contributed by atoms with Crippen molar-refractivity contribution >= 4 is 5.78 Å². The molecule has 0 radical (unpaired) electrons. The molecule has 0 saturated carbocycles. The molecule has 0 bridgehead atoms. The number of rotatable bonds is 8. The highest BCUT2D eigenvalue weighted by Gasteiger charge is 2.38. The van der Waals surface area contributed by atoms with Crippen LogP contribution >= 0.6 is 0 Å². The van der Waals surface area contributed by atoms with Crippen LogP contribution in [-0.2, 0) is 6.61 Å². The first-order valence-corrected chi connectivity index (χ1v) is 11.9. The van der Waals surface area contributed by atoms with Gasteiger partial charge in [0.15, 0.2) is 17.3 Å². The average molecular weight is 459 g/mol. The standard InChI is InChI=1S/C29H34N2O3/c1-28(2)17-22(18-29(3,4)31-28)16-25(32)23-11-13-24(14-12-23)34-27-10-6-5-9-26(27)33-20-21-8-7-15-30-19-21/h5-15,19,22,31H,16-18,20H2,1-4H3. The Balaban J connectivity index is 1.38. The number of nitrogens with one attached hydrogen (secondary N) is 1. The second-order valence-electron chi connectivity index (χ2n) is 10.5. The van der Waals surface area contributed by atoms with E-state index < -0.39 is 0 Å². The fourth-order valence-corrected chi connectivity index (χ4v) is 5.19. The summed E-state index contributed by atoms with van der Waals surface area (Å²) >= 11 is 0. The molecule has 3 aromatic rings. The van der Waals surface area contributed by atoms with E-state index in [9.17, 15) is 4.79 Å². The van der Waals surface area contributed by atoms with Gasteiger partial charge in [-0.25, -0.2) is 0 Å². The van der Waals surface area contributed by atoms with Crippen molar-refractivity contribution in [2.24, 2.45) is 5.92 Å². The van der Waals surface area contributed by atoms with Gasteiger partial charge in [-0.15, -0.1) is 0 Å². The Kier molecular flexibility index (Phi) is 7.03. The van der Waals surface area contributed by atoms with E-state index in [1.54, 1.807) is 12.4 Å². The number of carbonyl (C=O) groups excluding carboxylic acids is 1. The van der Waals surface area contributed by atoms with Gasteiger partial charge in [0.2, 0.25) is 0 Å². The van der Waals surface area contributed by atoms with Crippen LogP contribution in [0.2, 0.25) is 0 Å². The topological polar surface area (TPSA) is 60.5 Å². The molecule has 0 unspecified atom stereocenters. The number of hydrogen-bond acceptors (Lipinski definition) is 5. The Morgan fingerprint density at radius 3 is 2.26 bits per heavy atom. The molecule has 5 heteroatoms. The molecule has 0 amide bonds. The third-order valence-corrected chi connectivity index (χ3v) is 6.12. The smallest absolute Gasteiger partial charge is 0.169 e. The summed E-state index contributed by atoms with van der Waals surface area (Å²) in [6.07, 6.45) is 6.09. The summed E-state index contributed by atoms with van der Waals surface area (Å²) in [5.74, 6) is 2.51. The fourth-order valence-electron chi connectivity index (χ4n) is 5.19. The number of aromatic nitrogens is 1. The molecule has 5 nitrogen and oxygen atoms in total. The van der Waals surface area contributed by atoms with Gasteiger partial charge in [-0.1, -0.05) is 18.2 Å². The number of nitrogens with zero attached hydrogens (tertiary/aromatic N) is 1. The summed E-state index contributed by atoms with van der Waals surface area (Å²) in [4.78, 5) is 17.1. The highest BCUT2D eigenvalue weighted by Crippen LogP contribution is 2.36. The lowest BCUT2D eigenvalue weighted by Crippen LogP contribution is -2.57. The normalized spacial score (nSPS) is 17.2. The van der Waals surface area contributed by atoms with E-state index in [-0.39, 0.29) is 16.9 Å². The molecule has 0 atom stereocenters. The number of carbonyl (C=O) groups is 1. The van der Waals surface area contributed by atoms with Crippen LogP contribution in [0.25, 0.3) is 0 Å². The van der Waals surface area contributed by atoms with E-state index in [0.717, 1.165) is 24.0 Å². The fraction of sp³-hybridized carbons (Fsp3) is 0.379. The number of ketones is 1. The van der Waals surface area contributed by atoms with Crippen molar-refractivity contribution in [3.8, 4) is 17.2 Å². The maximum Gasteiger partial charge on any atom is 0.169 e. The van der Waals surface area contributed by atoms with Crippen LogP contribution < -0.4 is 14.8 Å². The van der Waals surface area contributed by atoms with E-state index in [1.165, 1.54) is 0 Å². The molecule has 1 N–H and O–H groups in total. The van der Waals surface area contributed by atoms with Crippen LogP contribution in [0.3, 0.4) is 0 Å². The van der Waals surface area contributed by atoms with Gasteiger partial charge in [-0.3, -0.25) is 9.78 Å². The van der Waals surface area contributed by atoms with E-state index in [1.807, 2.05) is 60.7 Å². The SMILES string of the molecule is CC1(C)CC(CC(=O)c2ccc(Oc3ccccc3OCc3cccnc3)cc2)CC(C)(C)N1. The zero-order chi connectivity index (χ0) is 24.2. The molecule has 34 heavy (non-hydrogen) atoms. The van der Waals surface area contributed by atoms with Crippen molar-refractivity contribution in [1.29, 1.82) is 0 Å². The zero-order valence-electron chi connectivity index (χ0n) is 20.5. The maximum absolute atomic E-state index is 13.0. The number of para-hydroxylation sites is 2. The molecule has 1 aliphatic rings. The molecule has 2 aromatic carbocycles. The van der Waals surface area contributed by atoms with Gasteiger partial charge in [0.05, 0.1) is 0 Å². The molecule has 1 aromatic heterocycles. The second-order valence-corrected chi connectivity index (χ2v) is 10.5. The number of piperidine rings is 1. The summed E-state index contributed by atoms with van der Waals surface area (Å²) < 4.78 is 12.0. The first-order chi connectivity index (χ1) is 16.2. The highest BCUT2D eigenvalue weighted by molar-refractivity contribution is 5.96. The lowest BCUT2D eigenvalue weighted by Gasteiger charge is -2.46. The molecule has 0 aliphatic carbocycles. The maximum atomic E-state index is 13.0. The van der Waals surface area contributed by atoms with Crippen LogP contribution in [-0.4, -0.2) is 21.8 Å². The summed E-state index contributed by atoms with van der Waals surface area (Å²) in [6.45, 7) is 9.28. The van der Waals surface area contributed by atoms with Gasteiger partial charge >= 0.3 is 0 Å². The van der Waals surface area contributed by atoms with Crippen molar-refractivity contribution < 1.29 is 14.3 Å². The van der Waals surface area contributed by atoms with E-state index >= 15 is 0 Å². The Hall–Kier alpha value is -3.18. The predicted molar refractivity (Wildman–Crippen MR) is 134 cm³/mol. The summed E-state index contributed by atoms with van der Waals surface area (Å²) in [6, 6.07) is 18.8. The average Bonchev–Trinajstić information content (AvgIpc) is 2.77. The molecular formula is C29H34N2O3. The van der Waals surface area contributed by atoms with Crippen molar-refractivity contribution in [3.63, 3.8) is 0 Å². The first-order valence-electron chi connectivity index (χ1n) is 11.9. The molecule has 4 rings (SSSR count).